The molecule has 0 aromatic heterocycles. The second-order valence-corrected chi connectivity index (χ2v) is 6.23. The molecule has 1 unspecified atom stereocenters. The normalized spacial score (nSPS) is 20.5. The second-order valence-electron chi connectivity index (χ2n) is 6.23. The fraction of sp³-hybridized carbons (Fsp3) is 0.368. The van der Waals surface area contributed by atoms with Gasteiger partial charge in [-0.15, -0.1) is 0 Å². The van der Waals surface area contributed by atoms with E-state index in [4.69, 9.17) is 9.47 Å². The summed E-state index contributed by atoms with van der Waals surface area (Å²) in [7, 11) is 0. The summed E-state index contributed by atoms with van der Waals surface area (Å²) in [5, 5.41) is 0. The Morgan fingerprint density at radius 1 is 1.09 bits per heavy atom. The summed E-state index contributed by atoms with van der Waals surface area (Å²) in [4.78, 5) is 2.58. The van der Waals surface area contributed by atoms with Crippen LogP contribution in [0.4, 0.5) is 0 Å². The first-order valence-electron chi connectivity index (χ1n) is 7.99. The van der Waals surface area contributed by atoms with Crippen molar-refractivity contribution in [1.82, 2.24) is 4.90 Å². The largest absolute Gasteiger partial charge is 0.454 e. The fourth-order valence-corrected chi connectivity index (χ4v) is 3.56. The molecule has 2 aromatic rings. The summed E-state index contributed by atoms with van der Waals surface area (Å²) in [6.07, 6.45) is 2.47. The molecule has 0 N–H and O–H groups in total. The number of nitrogens with zero attached hydrogens (tertiary/aromatic N) is 1. The maximum Gasteiger partial charge on any atom is 0.231 e. The lowest BCUT2D eigenvalue weighted by molar-refractivity contribution is 0.174. The first-order chi connectivity index (χ1) is 10.8. The van der Waals surface area contributed by atoms with Crippen molar-refractivity contribution in [3.05, 3.63) is 59.2 Å². The summed E-state index contributed by atoms with van der Waals surface area (Å²) in [5.41, 5.74) is 4.07. The molecule has 2 aromatic carbocycles. The van der Waals surface area contributed by atoms with Crippen LogP contribution in [0.1, 0.15) is 35.6 Å². The summed E-state index contributed by atoms with van der Waals surface area (Å²) in [6, 6.07) is 15.7. The van der Waals surface area contributed by atoms with Crippen molar-refractivity contribution in [2.45, 2.75) is 32.4 Å². The van der Waals surface area contributed by atoms with Gasteiger partial charge in [-0.2, -0.15) is 0 Å². The van der Waals surface area contributed by atoms with Crippen molar-refractivity contribution in [1.29, 1.82) is 0 Å². The molecule has 4 rings (SSSR count). The quantitative estimate of drug-likeness (QED) is 0.852. The van der Waals surface area contributed by atoms with Crippen LogP contribution in [-0.4, -0.2) is 18.2 Å². The van der Waals surface area contributed by atoms with Gasteiger partial charge in [0.1, 0.15) is 0 Å². The van der Waals surface area contributed by atoms with E-state index < -0.39 is 0 Å². The molecule has 0 spiro atoms. The lowest BCUT2D eigenvalue weighted by Crippen LogP contribution is -2.22. The molecule has 2 heterocycles. The van der Waals surface area contributed by atoms with Gasteiger partial charge >= 0.3 is 0 Å². The minimum absolute atomic E-state index is 0.344. The predicted molar refractivity (Wildman–Crippen MR) is 86.1 cm³/mol. The van der Waals surface area contributed by atoms with E-state index in [9.17, 15) is 0 Å². The number of rotatable bonds is 3. The van der Waals surface area contributed by atoms with E-state index in [1.54, 1.807) is 0 Å². The van der Waals surface area contributed by atoms with E-state index in [0.717, 1.165) is 24.6 Å². The summed E-state index contributed by atoms with van der Waals surface area (Å²) < 4.78 is 10.9. The molecular weight excluding hydrogens is 274 g/mol. The minimum Gasteiger partial charge on any atom is -0.454 e. The van der Waals surface area contributed by atoms with Crippen LogP contribution in [0.5, 0.6) is 11.5 Å². The number of hydrogen-bond donors (Lipinski definition) is 0. The number of likely N-dealkylation sites (tertiary alicyclic amines) is 1. The Morgan fingerprint density at radius 3 is 2.91 bits per heavy atom. The van der Waals surface area contributed by atoms with Crippen LogP contribution in [0.3, 0.4) is 0 Å². The Labute approximate surface area is 131 Å². The average molecular weight is 295 g/mol. The standard InChI is InChI=1S/C19H21NO2/c1-14-4-2-5-15(10-14)12-20-9-3-6-17(20)16-7-8-18-19(11-16)22-13-21-18/h2,4-5,7-8,10-11,17H,3,6,9,12-13H2,1H3. The molecule has 0 radical (unpaired) electrons. The molecule has 2 aliphatic rings. The molecule has 2 aliphatic heterocycles. The average Bonchev–Trinajstić information content (AvgIpc) is 3.15. The van der Waals surface area contributed by atoms with Crippen molar-refractivity contribution in [3.8, 4) is 11.5 Å². The monoisotopic (exact) mass is 295 g/mol. The lowest BCUT2D eigenvalue weighted by atomic mass is 10.0. The predicted octanol–water partition coefficient (Wildman–Crippen LogP) is 4.06. The molecule has 22 heavy (non-hydrogen) atoms. The molecule has 0 bridgehead atoms. The molecule has 0 amide bonds. The Kier molecular flexibility index (Phi) is 3.51. The molecule has 0 aliphatic carbocycles. The molecule has 1 atom stereocenters. The Morgan fingerprint density at radius 2 is 2.00 bits per heavy atom. The van der Waals surface area contributed by atoms with Gasteiger partial charge in [-0.1, -0.05) is 35.9 Å². The molecule has 1 saturated heterocycles. The van der Waals surface area contributed by atoms with Gasteiger partial charge in [0.25, 0.3) is 0 Å². The van der Waals surface area contributed by atoms with Crippen LogP contribution in [0.25, 0.3) is 0 Å². The van der Waals surface area contributed by atoms with E-state index in [2.05, 4.69) is 48.2 Å². The Bertz CT molecular complexity index is 683. The topological polar surface area (TPSA) is 21.7 Å². The van der Waals surface area contributed by atoms with Gasteiger partial charge < -0.3 is 9.47 Å². The third kappa shape index (κ3) is 2.57. The number of benzene rings is 2. The van der Waals surface area contributed by atoms with Gasteiger partial charge in [0.15, 0.2) is 11.5 Å². The Balaban J connectivity index is 1.56. The van der Waals surface area contributed by atoms with Gasteiger partial charge in [-0.25, -0.2) is 0 Å². The third-order valence-electron chi connectivity index (χ3n) is 4.61. The van der Waals surface area contributed by atoms with E-state index in [0.29, 0.717) is 12.8 Å². The van der Waals surface area contributed by atoms with E-state index in [1.807, 2.05) is 6.07 Å². The molecule has 0 saturated carbocycles. The highest BCUT2D eigenvalue weighted by atomic mass is 16.7. The van der Waals surface area contributed by atoms with E-state index >= 15 is 0 Å². The Hall–Kier alpha value is -2.00. The van der Waals surface area contributed by atoms with Gasteiger partial charge in [0.05, 0.1) is 0 Å². The summed E-state index contributed by atoms with van der Waals surface area (Å²) in [6.45, 7) is 4.67. The molecule has 3 nitrogen and oxygen atoms in total. The lowest BCUT2D eigenvalue weighted by Gasteiger charge is -2.25. The van der Waals surface area contributed by atoms with Crippen LogP contribution in [0, 0.1) is 6.92 Å². The van der Waals surface area contributed by atoms with Gasteiger partial charge in [-0.3, -0.25) is 4.90 Å². The summed E-state index contributed by atoms with van der Waals surface area (Å²) in [5.74, 6) is 1.76. The zero-order valence-corrected chi connectivity index (χ0v) is 12.9. The zero-order valence-electron chi connectivity index (χ0n) is 12.9. The van der Waals surface area contributed by atoms with Gasteiger partial charge in [-0.05, 0) is 49.6 Å². The van der Waals surface area contributed by atoms with Gasteiger partial charge in [0, 0.05) is 12.6 Å². The van der Waals surface area contributed by atoms with Crippen molar-refractivity contribution in [2.75, 3.05) is 13.3 Å². The fourth-order valence-electron chi connectivity index (χ4n) is 3.56. The zero-order chi connectivity index (χ0) is 14.9. The molecule has 1 fully saturated rings. The van der Waals surface area contributed by atoms with Crippen LogP contribution in [0.15, 0.2) is 42.5 Å². The van der Waals surface area contributed by atoms with Gasteiger partial charge in [0.2, 0.25) is 6.79 Å². The first kappa shape index (κ1) is 13.6. The van der Waals surface area contributed by atoms with Crippen LogP contribution in [0.2, 0.25) is 0 Å². The van der Waals surface area contributed by atoms with E-state index in [1.165, 1.54) is 29.5 Å². The summed E-state index contributed by atoms with van der Waals surface area (Å²) >= 11 is 0. The van der Waals surface area contributed by atoms with Crippen molar-refractivity contribution in [3.63, 3.8) is 0 Å². The number of ether oxygens (including phenoxy) is 2. The van der Waals surface area contributed by atoms with Crippen molar-refractivity contribution in [2.24, 2.45) is 0 Å². The molecular formula is C19H21NO2. The maximum atomic E-state index is 5.53. The third-order valence-corrected chi connectivity index (χ3v) is 4.61. The number of hydrogen-bond acceptors (Lipinski definition) is 3. The minimum atomic E-state index is 0.344. The van der Waals surface area contributed by atoms with Crippen LogP contribution < -0.4 is 9.47 Å². The smallest absolute Gasteiger partial charge is 0.231 e. The number of aryl methyl sites for hydroxylation is 1. The van der Waals surface area contributed by atoms with Crippen molar-refractivity contribution >= 4 is 0 Å². The maximum absolute atomic E-state index is 5.53. The molecule has 3 heteroatoms. The SMILES string of the molecule is Cc1cccc(CN2CCCC2c2ccc3c(c2)OCO3)c1. The molecule has 114 valence electrons. The van der Waals surface area contributed by atoms with Crippen LogP contribution in [-0.2, 0) is 6.54 Å². The first-order valence-corrected chi connectivity index (χ1v) is 7.99. The highest BCUT2D eigenvalue weighted by molar-refractivity contribution is 5.45. The highest BCUT2D eigenvalue weighted by Crippen LogP contribution is 2.39. The highest BCUT2D eigenvalue weighted by Gasteiger charge is 2.27. The number of fused-ring (bicyclic) bond motifs is 1. The van der Waals surface area contributed by atoms with Crippen molar-refractivity contribution < 1.29 is 9.47 Å². The second kappa shape index (κ2) is 5.65. The van der Waals surface area contributed by atoms with Crippen LogP contribution >= 0.6 is 0 Å². The van der Waals surface area contributed by atoms with E-state index in [-0.39, 0.29) is 0 Å².